The summed E-state index contributed by atoms with van der Waals surface area (Å²) in [5, 5.41) is 16.9. The average molecular weight is 523 g/mol. The Morgan fingerprint density at radius 2 is 1.86 bits per heavy atom. The largest absolute Gasteiger partial charge is 0.390 e. The van der Waals surface area contributed by atoms with E-state index in [1.54, 1.807) is 41.6 Å². The Hall–Kier alpha value is -3.38. The number of carbonyl (C=O) groups is 1. The number of hydrogen-bond donors (Lipinski definition) is 3. The Bertz CT molecular complexity index is 1360. The lowest BCUT2D eigenvalue weighted by molar-refractivity contribution is -0.118. The van der Waals surface area contributed by atoms with Gasteiger partial charge >= 0.3 is 0 Å². The molecular weight excluding hydrogens is 492 g/mol. The number of benzene rings is 1. The molecule has 2 atom stereocenters. The van der Waals surface area contributed by atoms with Gasteiger partial charge in [0.25, 0.3) is 0 Å². The molecule has 2 saturated heterocycles. The maximum atomic E-state index is 13.3. The van der Waals surface area contributed by atoms with Crippen LogP contribution < -0.4 is 15.5 Å². The number of aromatic nitrogens is 2. The highest BCUT2D eigenvalue weighted by Gasteiger charge is 2.35. The molecule has 11 heteroatoms. The molecule has 0 aliphatic carbocycles. The molecule has 4 heterocycles. The molecule has 2 aliphatic rings. The first-order valence-electron chi connectivity index (χ1n) is 12.3. The molecule has 1 aromatic carbocycles. The summed E-state index contributed by atoms with van der Waals surface area (Å²) in [4.78, 5) is 22.7. The van der Waals surface area contributed by atoms with Gasteiger partial charge in [-0.15, -0.1) is 0 Å². The molecule has 194 valence electrons. The summed E-state index contributed by atoms with van der Waals surface area (Å²) in [5.41, 5.74) is 2.70. The fourth-order valence-electron chi connectivity index (χ4n) is 4.60. The fourth-order valence-corrected chi connectivity index (χ4v) is 6.07. The number of hydrogen-bond acceptors (Lipinski definition) is 8. The van der Waals surface area contributed by atoms with Crippen molar-refractivity contribution in [2.24, 2.45) is 0 Å². The number of sulfonamides is 1. The minimum absolute atomic E-state index is 0.0000475. The van der Waals surface area contributed by atoms with E-state index < -0.39 is 16.1 Å². The molecule has 37 heavy (non-hydrogen) atoms. The summed E-state index contributed by atoms with van der Waals surface area (Å²) in [7, 11) is -3.77. The lowest BCUT2D eigenvalue weighted by Crippen LogP contribution is -2.51. The van der Waals surface area contributed by atoms with Gasteiger partial charge in [0.15, 0.2) is 0 Å². The topological polar surface area (TPSA) is 128 Å². The highest BCUT2D eigenvalue weighted by Crippen LogP contribution is 2.27. The molecular formula is C26H30N6O4S. The molecule has 2 fully saturated rings. The van der Waals surface area contributed by atoms with Gasteiger partial charge in [0, 0.05) is 38.6 Å². The van der Waals surface area contributed by atoms with E-state index in [2.05, 4.69) is 20.6 Å². The van der Waals surface area contributed by atoms with Crippen LogP contribution in [0.15, 0.2) is 65.8 Å². The van der Waals surface area contributed by atoms with Crippen LogP contribution in [-0.4, -0.2) is 78.6 Å². The van der Waals surface area contributed by atoms with Gasteiger partial charge in [-0.1, -0.05) is 18.2 Å². The standard InChI is InChI=1S/C26H30N6O4S/c1-18-2-7-24(29-15-18)30-22-9-12-31(17-23(22)33)37(35,36)21-5-3-19(4-6-21)20-8-10-28-25(14-20)32-13-11-27-16-26(32)34/h2-8,10,14-15,22-23,27,33H,9,11-13,16-17H2,1H3,(H,29,30)/t22-,23+/m1/s1. The first-order chi connectivity index (χ1) is 17.8. The van der Waals surface area contributed by atoms with Crippen molar-refractivity contribution in [1.82, 2.24) is 19.6 Å². The summed E-state index contributed by atoms with van der Waals surface area (Å²) in [6.07, 6.45) is 2.98. The number of aliphatic hydroxyl groups is 1. The van der Waals surface area contributed by atoms with Crippen LogP contribution in [0, 0.1) is 6.92 Å². The van der Waals surface area contributed by atoms with Crippen LogP contribution in [-0.2, 0) is 14.8 Å². The number of aliphatic hydroxyl groups excluding tert-OH is 1. The molecule has 0 spiro atoms. The van der Waals surface area contributed by atoms with Crippen LogP contribution in [0.4, 0.5) is 11.6 Å². The number of piperidine rings is 1. The molecule has 0 unspecified atom stereocenters. The van der Waals surface area contributed by atoms with Crippen molar-refractivity contribution >= 4 is 27.6 Å². The minimum atomic E-state index is -3.77. The van der Waals surface area contributed by atoms with Gasteiger partial charge in [-0.05, 0) is 60.4 Å². The first-order valence-corrected chi connectivity index (χ1v) is 13.7. The van der Waals surface area contributed by atoms with Gasteiger partial charge in [0.05, 0.1) is 23.6 Å². The normalized spacial score (nSPS) is 21.1. The third kappa shape index (κ3) is 5.49. The summed E-state index contributed by atoms with van der Waals surface area (Å²) in [5.74, 6) is 1.20. The Balaban J connectivity index is 1.27. The number of pyridine rings is 2. The third-order valence-corrected chi connectivity index (χ3v) is 8.61. The van der Waals surface area contributed by atoms with Crippen molar-refractivity contribution in [3.8, 4) is 11.1 Å². The van der Waals surface area contributed by atoms with E-state index in [0.29, 0.717) is 31.1 Å². The second kappa shape index (κ2) is 10.5. The molecule has 2 aliphatic heterocycles. The number of nitrogens with zero attached hydrogens (tertiary/aromatic N) is 4. The van der Waals surface area contributed by atoms with E-state index in [1.165, 1.54) is 4.31 Å². The van der Waals surface area contributed by atoms with E-state index in [1.807, 2.05) is 31.2 Å². The van der Waals surface area contributed by atoms with Crippen molar-refractivity contribution in [3.63, 3.8) is 0 Å². The quantitative estimate of drug-likeness (QED) is 0.446. The van der Waals surface area contributed by atoms with Gasteiger partial charge in [-0.2, -0.15) is 4.31 Å². The number of aryl methyl sites for hydroxylation is 1. The molecule has 1 amide bonds. The van der Waals surface area contributed by atoms with Crippen LogP contribution in [0.3, 0.4) is 0 Å². The number of rotatable bonds is 6. The van der Waals surface area contributed by atoms with Gasteiger partial charge in [0.2, 0.25) is 15.9 Å². The SMILES string of the molecule is Cc1ccc(N[C@@H]2CCN(S(=O)(=O)c3ccc(-c4ccnc(N5CCNCC5=O)c4)cc3)C[C@@H]2O)nc1. The summed E-state index contributed by atoms with van der Waals surface area (Å²) >= 11 is 0. The maximum Gasteiger partial charge on any atom is 0.243 e. The monoisotopic (exact) mass is 522 g/mol. The summed E-state index contributed by atoms with van der Waals surface area (Å²) in [6.45, 7) is 3.77. The molecule has 0 bridgehead atoms. The molecule has 0 saturated carbocycles. The molecule has 3 N–H and O–H groups in total. The molecule has 0 radical (unpaired) electrons. The predicted molar refractivity (Wildman–Crippen MR) is 141 cm³/mol. The van der Waals surface area contributed by atoms with Crippen LogP contribution in [0.5, 0.6) is 0 Å². The maximum absolute atomic E-state index is 13.3. The second-order valence-corrected chi connectivity index (χ2v) is 11.3. The van der Waals surface area contributed by atoms with Crippen LogP contribution >= 0.6 is 0 Å². The van der Waals surface area contributed by atoms with Crippen molar-refractivity contribution in [1.29, 1.82) is 0 Å². The Labute approximate surface area is 216 Å². The number of β-amino-alcohol motifs (C(OH)–C–C–N with tert-alkyl or cyclic N) is 1. The Kier molecular flexibility index (Phi) is 7.20. The molecule has 3 aromatic rings. The Morgan fingerprint density at radius 1 is 1.05 bits per heavy atom. The van der Waals surface area contributed by atoms with Crippen LogP contribution in [0.1, 0.15) is 12.0 Å². The number of carbonyl (C=O) groups excluding carboxylic acids is 1. The van der Waals surface area contributed by atoms with E-state index >= 15 is 0 Å². The van der Waals surface area contributed by atoms with Crippen LogP contribution in [0.2, 0.25) is 0 Å². The van der Waals surface area contributed by atoms with Crippen molar-refractivity contribution < 1.29 is 18.3 Å². The lowest BCUT2D eigenvalue weighted by atomic mass is 10.0. The van der Waals surface area contributed by atoms with Crippen LogP contribution in [0.25, 0.3) is 11.1 Å². The summed E-state index contributed by atoms with van der Waals surface area (Å²) in [6, 6.07) is 13.8. The van der Waals surface area contributed by atoms with Gasteiger partial charge < -0.3 is 15.7 Å². The zero-order valence-electron chi connectivity index (χ0n) is 20.5. The van der Waals surface area contributed by atoms with E-state index in [-0.39, 0.29) is 36.5 Å². The van der Waals surface area contributed by atoms with Gasteiger partial charge in [-0.25, -0.2) is 18.4 Å². The van der Waals surface area contributed by atoms with Crippen molar-refractivity contribution in [2.45, 2.75) is 30.4 Å². The smallest absolute Gasteiger partial charge is 0.243 e. The number of amides is 1. The Morgan fingerprint density at radius 3 is 2.57 bits per heavy atom. The van der Waals surface area contributed by atoms with Gasteiger partial charge in [-0.3, -0.25) is 9.69 Å². The van der Waals surface area contributed by atoms with E-state index in [9.17, 15) is 18.3 Å². The van der Waals surface area contributed by atoms with E-state index in [0.717, 1.165) is 16.7 Å². The number of nitrogens with one attached hydrogen (secondary N) is 2. The first kappa shape index (κ1) is 25.3. The van der Waals surface area contributed by atoms with Crippen molar-refractivity contribution in [3.05, 3.63) is 66.5 Å². The highest BCUT2D eigenvalue weighted by atomic mass is 32.2. The molecule has 2 aromatic heterocycles. The molecule has 5 rings (SSSR count). The average Bonchev–Trinajstić information content (AvgIpc) is 2.91. The predicted octanol–water partition coefficient (Wildman–Crippen LogP) is 1.62. The number of piperazine rings is 1. The minimum Gasteiger partial charge on any atom is -0.390 e. The van der Waals surface area contributed by atoms with Crippen molar-refractivity contribution in [2.75, 3.05) is 42.9 Å². The van der Waals surface area contributed by atoms with E-state index in [4.69, 9.17) is 0 Å². The lowest BCUT2D eigenvalue weighted by Gasteiger charge is -2.35. The zero-order valence-corrected chi connectivity index (χ0v) is 21.4. The molecule has 10 nitrogen and oxygen atoms in total. The third-order valence-electron chi connectivity index (χ3n) is 6.73. The summed E-state index contributed by atoms with van der Waals surface area (Å²) < 4.78 is 27.9. The second-order valence-electron chi connectivity index (χ2n) is 9.34. The fraction of sp³-hybridized carbons (Fsp3) is 0.346. The van der Waals surface area contributed by atoms with Gasteiger partial charge in [0.1, 0.15) is 11.6 Å². The zero-order chi connectivity index (χ0) is 26.0. The highest BCUT2D eigenvalue weighted by molar-refractivity contribution is 7.89. The number of anilines is 2.